The maximum Gasteiger partial charge on any atom is 0.343 e. The third-order valence-electron chi connectivity index (χ3n) is 4.65. The summed E-state index contributed by atoms with van der Waals surface area (Å²) < 4.78 is 31.5. The highest BCUT2D eigenvalue weighted by Crippen LogP contribution is 2.18. The fraction of sp³-hybridized carbons (Fsp3) is 0.364. The summed E-state index contributed by atoms with van der Waals surface area (Å²) in [6, 6.07) is 8.93. The van der Waals surface area contributed by atoms with Crippen LogP contribution >= 0.6 is 0 Å². The molecule has 0 radical (unpaired) electrons. The van der Waals surface area contributed by atoms with Gasteiger partial charge in [-0.25, -0.2) is 0 Å². The minimum atomic E-state index is -3.56. The highest BCUT2D eigenvalue weighted by atomic mass is 19.3. The van der Waals surface area contributed by atoms with Gasteiger partial charge in [0.1, 0.15) is 5.69 Å². The molecule has 0 saturated carbocycles. The van der Waals surface area contributed by atoms with Gasteiger partial charge < -0.3 is 5.32 Å². The number of amides is 1. The number of hydrogen-bond donors (Lipinski definition) is 1. The van der Waals surface area contributed by atoms with E-state index in [9.17, 15) is 13.6 Å². The molecule has 0 spiro atoms. The van der Waals surface area contributed by atoms with Crippen LogP contribution in [-0.2, 0) is 11.3 Å². The predicted molar refractivity (Wildman–Crippen MR) is 114 cm³/mol. The lowest BCUT2D eigenvalue weighted by atomic mass is 10.2. The van der Waals surface area contributed by atoms with Gasteiger partial charge in [0.15, 0.2) is 0 Å². The standard InChI is InChI=1S/C22H26F2N6O/c1-17(2)30-15-19(14-26-30)20-16-29(28-27-20)13-7-6-12-25-21(31)22(23,24)11-10-18-8-4-3-5-9-18/h3-5,8-11,14-17H,6-7,12-13H2,1-2H3,(H,25,31)/b11-10+. The van der Waals surface area contributed by atoms with Crippen molar-refractivity contribution in [3.05, 3.63) is 60.6 Å². The molecule has 1 N–H and O–H groups in total. The van der Waals surface area contributed by atoms with E-state index >= 15 is 0 Å². The molecule has 164 valence electrons. The number of aromatic nitrogens is 5. The van der Waals surface area contributed by atoms with Crippen LogP contribution in [0.2, 0.25) is 0 Å². The van der Waals surface area contributed by atoms with Gasteiger partial charge in [0.2, 0.25) is 0 Å². The topological polar surface area (TPSA) is 77.6 Å². The number of carbonyl (C=O) groups excluding carboxylic acids is 1. The molecule has 9 heteroatoms. The molecular weight excluding hydrogens is 402 g/mol. The van der Waals surface area contributed by atoms with Crippen LogP contribution in [0, 0.1) is 0 Å². The molecule has 1 amide bonds. The quantitative estimate of drug-likeness (QED) is 0.496. The first kappa shape index (κ1) is 22.3. The van der Waals surface area contributed by atoms with E-state index < -0.39 is 11.8 Å². The Morgan fingerprint density at radius 3 is 2.68 bits per heavy atom. The lowest BCUT2D eigenvalue weighted by Gasteiger charge is -2.12. The molecule has 3 rings (SSSR count). The number of alkyl halides is 2. The number of unbranched alkanes of at least 4 members (excludes halogenated alkanes) is 1. The van der Waals surface area contributed by atoms with Gasteiger partial charge in [-0.1, -0.05) is 41.6 Å². The molecule has 0 fully saturated rings. The zero-order chi connectivity index (χ0) is 22.3. The van der Waals surface area contributed by atoms with Crippen molar-refractivity contribution in [2.75, 3.05) is 6.54 Å². The van der Waals surface area contributed by atoms with Gasteiger partial charge in [-0.2, -0.15) is 13.9 Å². The van der Waals surface area contributed by atoms with Crippen LogP contribution < -0.4 is 5.32 Å². The number of nitrogens with one attached hydrogen (secondary N) is 1. The van der Waals surface area contributed by atoms with Crippen molar-refractivity contribution in [1.29, 1.82) is 0 Å². The van der Waals surface area contributed by atoms with Gasteiger partial charge >= 0.3 is 5.92 Å². The first-order chi connectivity index (χ1) is 14.8. The maximum atomic E-state index is 14.0. The van der Waals surface area contributed by atoms with Crippen LogP contribution in [0.25, 0.3) is 17.3 Å². The van der Waals surface area contributed by atoms with Crippen LogP contribution in [0.3, 0.4) is 0 Å². The summed E-state index contributed by atoms with van der Waals surface area (Å²) in [6.45, 7) is 4.82. The minimum absolute atomic E-state index is 0.163. The molecular formula is C22H26F2N6O. The van der Waals surface area contributed by atoms with Gasteiger partial charge in [0, 0.05) is 30.9 Å². The average molecular weight is 428 g/mol. The summed E-state index contributed by atoms with van der Waals surface area (Å²) >= 11 is 0. The minimum Gasteiger partial charge on any atom is -0.351 e. The van der Waals surface area contributed by atoms with Gasteiger partial charge in [0.25, 0.3) is 5.91 Å². The summed E-state index contributed by atoms with van der Waals surface area (Å²) in [6.07, 6.45) is 8.56. The average Bonchev–Trinajstić information content (AvgIpc) is 3.42. The number of benzene rings is 1. The number of aryl methyl sites for hydroxylation is 1. The molecule has 0 aliphatic heterocycles. The van der Waals surface area contributed by atoms with Gasteiger partial charge in [-0.05, 0) is 38.3 Å². The lowest BCUT2D eigenvalue weighted by Crippen LogP contribution is -2.39. The Kier molecular flexibility index (Phi) is 7.28. The van der Waals surface area contributed by atoms with Gasteiger partial charge in [-0.3, -0.25) is 14.2 Å². The summed E-state index contributed by atoms with van der Waals surface area (Å²) in [5.74, 6) is -4.86. The maximum absolute atomic E-state index is 14.0. The smallest absolute Gasteiger partial charge is 0.343 e. The Morgan fingerprint density at radius 1 is 1.19 bits per heavy atom. The van der Waals surface area contributed by atoms with Crippen molar-refractivity contribution in [1.82, 2.24) is 30.1 Å². The summed E-state index contributed by atoms with van der Waals surface area (Å²) in [5, 5.41) is 14.8. The van der Waals surface area contributed by atoms with Crippen LogP contribution in [0.5, 0.6) is 0 Å². The zero-order valence-corrected chi connectivity index (χ0v) is 17.6. The Morgan fingerprint density at radius 2 is 1.97 bits per heavy atom. The molecule has 0 aliphatic carbocycles. The molecule has 0 unspecified atom stereocenters. The molecule has 2 heterocycles. The fourth-order valence-corrected chi connectivity index (χ4v) is 2.85. The van der Waals surface area contributed by atoms with Gasteiger partial charge in [0.05, 0.1) is 12.4 Å². The molecule has 0 bridgehead atoms. The van der Waals surface area contributed by atoms with Crippen LogP contribution in [0.4, 0.5) is 8.78 Å². The Labute approximate surface area is 179 Å². The highest BCUT2D eigenvalue weighted by Gasteiger charge is 2.35. The van der Waals surface area contributed by atoms with E-state index in [2.05, 4.69) is 20.7 Å². The molecule has 0 atom stereocenters. The first-order valence-corrected chi connectivity index (χ1v) is 10.2. The van der Waals surface area contributed by atoms with Crippen molar-refractivity contribution >= 4 is 12.0 Å². The number of nitrogens with zero attached hydrogens (tertiary/aromatic N) is 5. The largest absolute Gasteiger partial charge is 0.351 e. The number of halogens is 2. The van der Waals surface area contributed by atoms with Crippen molar-refractivity contribution < 1.29 is 13.6 Å². The third-order valence-corrected chi connectivity index (χ3v) is 4.65. The highest BCUT2D eigenvalue weighted by molar-refractivity contribution is 5.86. The summed E-state index contributed by atoms with van der Waals surface area (Å²) in [4.78, 5) is 11.8. The van der Waals surface area contributed by atoms with E-state index in [0.29, 0.717) is 31.0 Å². The predicted octanol–water partition coefficient (Wildman–Crippen LogP) is 3.97. The second kappa shape index (κ2) is 10.1. The van der Waals surface area contributed by atoms with Crippen LogP contribution in [0.1, 0.15) is 38.3 Å². The molecule has 1 aromatic carbocycles. The van der Waals surface area contributed by atoms with Crippen molar-refractivity contribution in [3.63, 3.8) is 0 Å². The number of rotatable bonds is 10. The van der Waals surface area contributed by atoms with E-state index in [0.717, 1.165) is 11.3 Å². The number of hydrogen-bond acceptors (Lipinski definition) is 4. The first-order valence-electron chi connectivity index (χ1n) is 10.2. The molecule has 0 saturated heterocycles. The van der Waals surface area contributed by atoms with Crippen LogP contribution in [-0.4, -0.2) is 43.1 Å². The van der Waals surface area contributed by atoms with Crippen molar-refractivity contribution in [2.45, 2.75) is 45.2 Å². The molecule has 7 nitrogen and oxygen atoms in total. The lowest BCUT2D eigenvalue weighted by molar-refractivity contribution is -0.139. The molecule has 3 aromatic rings. The molecule has 31 heavy (non-hydrogen) atoms. The summed E-state index contributed by atoms with van der Waals surface area (Å²) in [5.41, 5.74) is 2.22. The molecule has 0 aliphatic rings. The second-order valence-electron chi connectivity index (χ2n) is 7.50. The van der Waals surface area contributed by atoms with E-state index in [1.165, 1.54) is 6.08 Å². The normalized spacial score (nSPS) is 12.0. The third kappa shape index (κ3) is 6.31. The van der Waals surface area contributed by atoms with Crippen molar-refractivity contribution in [2.24, 2.45) is 0 Å². The van der Waals surface area contributed by atoms with E-state index in [4.69, 9.17) is 0 Å². The SMILES string of the molecule is CC(C)n1cc(-c2cn(CCCCNC(=O)C(F)(F)/C=C/c3ccccc3)nn2)cn1. The molecule has 2 aromatic heterocycles. The zero-order valence-electron chi connectivity index (χ0n) is 17.6. The second-order valence-corrected chi connectivity index (χ2v) is 7.50. The van der Waals surface area contributed by atoms with Gasteiger partial charge in [-0.15, -0.1) is 5.10 Å². The van der Waals surface area contributed by atoms with Crippen LogP contribution in [0.15, 0.2) is 55.0 Å². The van der Waals surface area contributed by atoms with E-state index in [1.54, 1.807) is 41.2 Å². The van der Waals surface area contributed by atoms with Crippen molar-refractivity contribution in [3.8, 4) is 11.3 Å². The monoisotopic (exact) mass is 428 g/mol. The Hall–Kier alpha value is -3.36. The fourth-order valence-electron chi connectivity index (χ4n) is 2.85. The van der Waals surface area contributed by atoms with E-state index in [1.807, 2.05) is 30.9 Å². The summed E-state index contributed by atoms with van der Waals surface area (Å²) in [7, 11) is 0. The Bertz CT molecular complexity index is 1010. The van der Waals surface area contributed by atoms with E-state index in [-0.39, 0.29) is 12.6 Å². The Balaban J connectivity index is 1.40. The number of carbonyl (C=O) groups is 1.